The minimum Gasteiger partial charge on any atom is -0.372 e. The zero-order valence-corrected chi connectivity index (χ0v) is 14.0. The molecule has 116 valence electrons. The van der Waals surface area contributed by atoms with Crippen molar-refractivity contribution < 1.29 is 9.53 Å². The quantitative estimate of drug-likeness (QED) is 0.843. The number of hydrogen-bond acceptors (Lipinski definition) is 4. The monoisotopic (exact) mass is 333 g/mol. The zero-order chi connectivity index (χ0) is 14.9. The van der Waals surface area contributed by atoms with Gasteiger partial charge in [0, 0.05) is 11.4 Å². The highest BCUT2D eigenvalue weighted by Gasteiger charge is 2.33. The Kier molecular flexibility index (Phi) is 4.03. The predicted molar refractivity (Wildman–Crippen MR) is 89.3 cm³/mol. The molecule has 22 heavy (non-hydrogen) atoms. The zero-order valence-electron chi connectivity index (χ0n) is 12.4. The van der Waals surface area contributed by atoms with Crippen LogP contribution < -0.4 is 0 Å². The van der Waals surface area contributed by atoms with E-state index in [1.54, 1.807) is 22.7 Å². The molecule has 2 aliphatic rings. The van der Waals surface area contributed by atoms with E-state index in [-0.39, 0.29) is 18.1 Å². The molecule has 0 saturated carbocycles. The number of thiophene rings is 2. The molecule has 4 heterocycles. The number of amides is 1. The fourth-order valence-electron chi connectivity index (χ4n) is 3.53. The number of nitrogens with zero attached hydrogens (tertiary/aromatic N) is 1. The van der Waals surface area contributed by atoms with E-state index < -0.39 is 0 Å². The molecule has 0 radical (unpaired) electrons. The maximum atomic E-state index is 12.8. The first kappa shape index (κ1) is 14.4. The molecule has 0 bridgehead atoms. The van der Waals surface area contributed by atoms with Crippen LogP contribution in [-0.2, 0) is 16.0 Å². The molecular weight excluding hydrogens is 314 g/mol. The molecule has 1 amide bonds. The van der Waals surface area contributed by atoms with E-state index in [9.17, 15) is 4.79 Å². The van der Waals surface area contributed by atoms with Crippen molar-refractivity contribution >= 4 is 28.6 Å². The average Bonchev–Trinajstić information content (AvgIpc) is 3.27. The summed E-state index contributed by atoms with van der Waals surface area (Å²) in [5.74, 6) is 0.236. The van der Waals surface area contributed by atoms with Gasteiger partial charge < -0.3 is 9.64 Å². The van der Waals surface area contributed by atoms with Gasteiger partial charge in [0.15, 0.2) is 0 Å². The third-order valence-electron chi connectivity index (χ3n) is 4.62. The third kappa shape index (κ3) is 2.62. The smallest absolute Gasteiger partial charge is 0.226 e. The van der Waals surface area contributed by atoms with Gasteiger partial charge in [-0.15, -0.1) is 11.3 Å². The van der Waals surface area contributed by atoms with Crippen molar-refractivity contribution in [3.8, 4) is 0 Å². The molecule has 4 rings (SSSR count). The van der Waals surface area contributed by atoms with Gasteiger partial charge in [0.1, 0.15) is 6.10 Å². The molecule has 0 spiro atoms. The Morgan fingerprint density at radius 1 is 1.36 bits per heavy atom. The van der Waals surface area contributed by atoms with Crippen LogP contribution in [0, 0.1) is 0 Å². The largest absolute Gasteiger partial charge is 0.372 e. The lowest BCUT2D eigenvalue weighted by molar-refractivity contribution is -0.135. The molecule has 0 aliphatic carbocycles. The maximum absolute atomic E-state index is 12.8. The van der Waals surface area contributed by atoms with Gasteiger partial charge >= 0.3 is 0 Å². The van der Waals surface area contributed by atoms with Gasteiger partial charge in [0.2, 0.25) is 5.91 Å². The molecular formula is C17H19NO2S2. The van der Waals surface area contributed by atoms with Gasteiger partial charge in [-0.25, -0.2) is 0 Å². The van der Waals surface area contributed by atoms with Crippen molar-refractivity contribution in [2.45, 2.75) is 37.8 Å². The lowest BCUT2D eigenvalue weighted by Gasteiger charge is -2.28. The number of rotatable bonds is 3. The van der Waals surface area contributed by atoms with Crippen LogP contribution in [0.5, 0.6) is 0 Å². The predicted octanol–water partition coefficient (Wildman–Crippen LogP) is 4.18. The Labute approximate surface area is 138 Å². The molecule has 1 saturated heterocycles. The second-order valence-corrected chi connectivity index (χ2v) is 7.65. The first-order valence-corrected chi connectivity index (χ1v) is 9.64. The van der Waals surface area contributed by atoms with E-state index in [4.69, 9.17) is 4.74 Å². The lowest BCUT2D eigenvalue weighted by atomic mass is 10.0. The summed E-state index contributed by atoms with van der Waals surface area (Å²) < 4.78 is 5.88. The summed E-state index contributed by atoms with van der Waals surface area (Å²) in [4.78, 5) is 16.1. The van der Waals surface area contributed by atoms with Gasteiger partial charge in [-0.05, 0) is 58.7 Å². The number of carbonyl (C=O) groups excluding carboxylic acids is 1. The molecule has 2 aromatic heterocycles. The second kappa shape index (κ2) is 6.14. The van der Waals surface area contributed by atoms with Gasteiger partial charge in [0.05, 0.1) is 19.1 Å². The number of carbonyl (C=O) groups is 1. The first-order chi connectivity index (χ1) is 10.8. The van der Waals surface area contributed by atoms with E-state index in [2.05, 4.69) is 33.2 Å². The van der Waals surface area contributed by atoms with E-state index >= 15 is 0 Å². The van der Waals surface area contributed by atoms with Crippen molar-refractivity contribution in [1.29, 1.82) is 0 Å². The molecule has 0 aromatic carbocycles. The molecule has 2 aromatic rings. The minimum absolute atomic E-state index is 0.0417. The summed E-state index contributed by atoms with van der Waals surface area (Å²) in [5, 5.41) is 6.38. The number of hydrogen-bond donors (Lipinski definition) is 0. The van der Waals surface area contributed by atoms with Crippen molar-refractivity contribution in [2.75, 3.05) is 13.2 Å². The summed E-state index contributed by atoms with van der Waals surface area (Å²) in [5.41, 5.74) is 2.65. The Balaban J connectivity index is 1.49. The fourth-order valence-corrected chi connectivity index (χ4v) is 5.24. The van der Waals surface area contributed by atoms with Crippen LogP contribution in [0.1, 0.15) is 47.4 Å². The van der Waals surface area contributed by atoms with Crippen LogP contribution >= 0.6 is 22.7 Å². The summed E-state index contributed by atoms with van der Waals surface area (Å²) in [6.45, 7) is 1.61. The highest BCUT2D eigenvalue weighted by Crippen LogP contribution is 2.37. The van der Waals surface area contributed by atoms with Gasteiger partial charge in [-0.1, -0.05) is 0 Å². The van der Waals surface area contributed by atoms with Gasteiger partial charge in [-0.2, -0.15) is 11.3 Å². The van der Waals surface area contributed by atoms with Crippen LogP contribution in [0.3, 0.4) is 0 Å². The second-order valence-electron chi connectivity index (χ2n) is 5.93. The molecule has 5 heteroatoms. The van der Waals surface area contributed by atoms with Gasteiger partial charge in [-0.3, -0.25) is 4.79 Å². The van der Waals surface area contributed by atoms with Crippen molar-refractivity contribution in [2.24, 2.45) is 0 Å². The number of likely N-dealkylation sites (tertiary alicyclic amines) is 1. The summed E-state index contributed by atoms with van der Waals surface area (Å²) in [6, 6.07) is 4.59. The van der Waals surface area contributed by atoms with Crippen LogP contribution in [0.2, 0.25) is 0 Å². The van der Waals surface area contributed by atoms with Gasteiger partial charge in [0.25, 0.3) is 0 Å². The topological polar surface area (TPSA) is 29.5 Å². The van der Waals surface area contributed by atoms with Crippen LogP contribution in [-0.4, -0.2) is 24.0 Å². The fraction of sp³-hybridized carbons (Fsp3) is 0.471. The Morgan fingerprint density at radius 3 is 3.18 bits per heavy atom. The van der Waals surface area contributed by atoms with Crippen molar-refractivity contribution in [1.82, 2.24) is 4.90 Å². The number of ether oxygens (including phenoxy) is 1. The standard InChI is InChI=1S/C17H19NO2S2/c19-16(10-15-17-12(3-7-20-15)5-9-22-17)18-6-1-2-14(18)13-4-8-21-11-13/h4-5,8-9,11,14-15H,1-3,6-7,10H2/t14-,15+/m1/s1. The summed E-state index contributed by atoms with van der Waals surface area (Å²) >= 11 is 3.43. The third-order valence-corrected chi connectivity index (χ3v) is 6.38. The lowest BCUT2D eigenvalue weighted by Crippen LogP contribution is -2.32. The van der Waals surface area contributed by atoms with Crippen LogP contribution in [0.25, 0.3) is 0 Å². The van der Waals surface area contributed by atoms with Crippen LogP contribution in [0.15, 0.2) is 28.3 Å². The molecule has 0 unspecified atom stereocenters. The SMILES string of the molecule is O=C(C[C@@H]1OCCc2ccsc21)N1CCC[C@@H]1c1ccsc1. The Hall–Kier alpha value is -1.17. The highest BCUT2D eigenvalue weighted by molar-refractivity contribution is 7.10. The first-order valence-electron chi connectivity index (χ1n) is 7.82. The highest BCUT2D eigenvalue weighted by atomic mass is 32.1. The van der Waals surface area contributed by atoms with Crippen LogP contribution in [0.4, 0.5) is 0 Å². The van der Waals surface area contributed by atoms with Crippen molar-refractivity contribution in [3.63, 3.8) is 0 Å². The molecule has 2 aliphatic heterocycles. The molecule has 3 nitrogen and oxygen atoms in total. The average molecular weight is 333 g/mol. The summed E-state index contributed by atoms with van der Waals surface area (Å²) in [7, 11) is 0. The van der Waals surface area contributed by atoms with E-state index in [0.717, 1.165) is 32.4 Å². The molecule has 1 fully saturated rings. The molecule has 2 atom stereocenters. The minimum atomic E-state index is -0.0417. The summed E-state index contributed by atoms with van der Waals surface area (Å²) in [6.07, 6.45) is 3.60. The Morgan fingerprint density at radius 2 is 2.32 bits per heavy atom. The Bertz CT molecular complexity index is 649. The maximum Gasteiger partial charge on any atom is 0.226 e. The van der Waals surface area contributed by atoms with E-state index in [0.29, 0.717) is 6.42 Å². The number of fused-ring (bicyclic) bond motifs is 1. The van der Waals surface area contributed by atoms with E-state index in [1.165, 1.54) is 16.0 Å². The van der Waals surface area contributed by atoms with Crippen molar-refractivity contribution in [3.05, 3.63) is 44.3 Å². The van der Waals surface area contributed by atoms with E-state index in [1.807, 2.05) is 0 Å². The normalized spacial score (nSPS) is 24.5. The molecule has 0 N–H and O–H groups in total.